The lowest BCUT2D eigenvalue weighted by atomic mass is 9.66. The van der Waals surface area contributed by atoms with E-state index in [-0.39, 0.29) is 17.5 Å². The monoisotopic (exact) mass is 294 g/mol. The first-order chi connectivity index (χ1) is 9.90. The fraction of sp³-hybridized carbons (Fsp3) is 0.467. The largest absolute Gasteiger partial charge is 0.481 e. The molecule has 1 aliphatic rings. The number of hydrogen-bond donors (Lipinski definition) is 3. The van der Waals surface area contributed by atoms with Crippen LogP contribution in [-0.2, 0) is 4.79 Å². The van der Waals surface area contributed by atoms with E-state index in [9.17, 15) is 14.0 Å². The number of urea groups is 1. The van der Waals surface area contributed by atoms with E-state index in [1.54, 1.807) is 19.1 Å². The summed E-state index contributed by atoms with van der Waals surface area (Å²) in [5, 5.41) is 14.0. The summed E-state index contributed by atoms with van der Waals surface area (Å²) in [6.07, 6.45) is 2.60. The molecule has 3 N–H and O–H groups in total. The minimum Gasteiger partial charge on any atom is -0.481 e. The Kier molecular flexibility index (Phi) is 4.45. The van der Waals surface area contributed by atoms with Gasteiger partial charge in [0, 0.05) is 6.54 Å². The number of carbonyl (C=O) groups is 2. The molecule has 6 heteroatoms. The van der Waals surface area contributed by atoms with Gasteiger partial charge in [0.1, 0.15) is 5.82 Å². The van der Waals surface area contributed by atoms with E-state index in [0.717, 1.165) is 24.8 Å². The van der Waals surface area contributed by atoms with E-state index in [0.29, 0.717) is 6.54 Å². The lowest BCUT2D eigenvalue weighted by molar-refractivity contribution is -0.141. The van der Waals surface area contributed by atoms with Gasteiger partial charge in [-0.25, -0.2) is 9.18 Å². The number of nitrogens with one attached hydrogen (secondary N) is 2. The van der Waals surface area contributed by atoms with Gasteiger partial charge in [-0.15, -0.1) is 0 Å². The minimum atomic E-state index is -0.860. The lowest BCUT2D eigenvalue weighted by Gasteiger charge is -2.40. The standard InChI is InChI=1S/C15H19FN2O3/c1-10-3-4-11(16)12(7-10)18-14(21)17-9-15(5-2-6-15)8-13(19)20/h3-4,7H,2,5-6,8-9H2,1H3,(H,19,20)(H2,17,18,21). The Labute approximate surface area is 122 Å². The number of anilines is 1. The van der Waals surface area contributed by atoms with Gasteiger partial charge in [-0.05, 0) is 42.9 Å². The van der Waals surface area contributed by atoms with Crippen molar-refractivity contribution in [3.63, 3.8) is 0 Å². The maximum absolute atomic E-state index is 13.5. The van der Waals surface area contributed by atoms with E-state index >= 15 is 0 Å². The topological polar surface area (TPSA) is 78.4 Å². The SMILES string of the molecule is Cc1ccc(F)c(NC(=O)NCC2(CC(=O)O)CCC2)c1. The Morgan fingerprint density at radius 2 is 2.10 bits per heavy atom. The van der Waals surface area contributed by atoms with E-state index < -0.39 is 17.8 Å². The molecular formula is C15H19FN2O3. The molecule has 2 rings (SSSR count). The molecule has 0 atom stereocenters. The first kappa shape index (κ1) is 15.3. The zero-order valence-electron chi connectivity index (χ0n) is 11.9. The molecule has 2 amide bonds. The van der Waals surface area contributed by atoms with Gasteiger partial charge in [0.2, 0.25) is 0 Å². The van der Waals surface area contributed by atoms with Gasteiger partial charge >= 0.3 is 12.0 Å². The van der Waals surface area contributed by atoms with Crippen molar-refractivity contribution in [2.45, 2.75) is 32.6 Å². The van der Waals surface area contributed by atoms with E-state index in [1.807, 2.05) is 0 Å². The number of aryl methyl sites for hydroxylation is 1. The predicted molar refractivity (Wildman–Crippen MR) is 76.7 cm³/mol. The second kappa shape index (κ2) is 6.11. The first-order valence-electron chi connectivity index (χ1n) is 6.93. The average molecular weight is 294 g/mol. The van der Waals surface area contributed by atoms with E-state index in [4.69, 9.17) is 5.11 Å². The fourth-order valence-corrected chi connectivity index (χ4v) is 2.58. The van der Waals surface area contributed by atoms with Crippen LogP contribution in [0.4, 0.5) is 14.9 Å². The third-order valence-electron chi connectivity index (χ3n) is 3.93. The van der Waals surface area contributed by atoms with Crippen molar-refractivity contribution in [3.8, 4) is 0 Å². The molecule has 0 aliphatic heterocycles. The maximum Gasteiger partial charge on any atom is 0.319 e. The number of carbonyl (C=O) groups excluding carboxylic acids is 1. The van der Waals surface area contributed by atoms with Gasteiger partial charge in [-0.3, -0.25) is 4.79 Å². The minimum absolute atomic E-state index is 0.0477. The van der Waals surface area contributed by atoms with Crippen LogP contribution in [0.25, 0.3) is 0 Å². The van der Waals surface area contributed by atoms with Gasteiger partial charge in [-0.2, -0.15) is 0 Å². The summed E-state index contributed by atoms with van der Waals surface area (Å²) < 4.78 is 13.5. The molecule has 114 valence electrons. The third-order valence-corrected chi connectivity index (χ3v) is 3.93. The van der Waals surface area contributed by atoms with Crippen molar-refractivity contribution >= 4 is 17.7 Å². The van der Waals surface area contributed by atoms with Crippen molar-refractivity contribution in [1.29, 1.82) is 0 Å². The Morgan fingerprint density at radius 3 is 2.67 bits per heavy atom. The van der Waals surface area contributed by atoms with Crippen molar-refractivity contribution < 1.29 is 19.1 Å². The molecule has 0 radical (unpaired) electrons. The molecule has 5 nitrogen and oxygen atoms in total. The van der Waals surface area contributed by atoms with Crippen LogP contribution < -0.4 is 10.6 Å². The van der Waals surface area contributed by atoms with E-state index in [1.165, 1.54) is 6.07 Å². The summed E-state index contributed by atoms with van der Waals surface area (Å²) in [5.41, 5.74) is 0.607. The van der Waals surface area contributed by atoms with Crippen molar-refractivity contribution in [2.75, 3.05) is 11.9 Å². The zero-order chi connectivity index (χ0) is 15.5. The van der Waals surface area contributed by atoms with Crippen LogP contribution in [0.3, 0.4) is 0 Å². The summed E-state index contributed by atoms with van der Waals surface area (Å²) in [5.74, 6) is -1.36. The van der Waals surface area contributed by atoms with Crippen molar-refractivity contribution in [3.05, 3.63) is 29.6 Å². The number of aliphatic carboxylic acids is 1. The second-order valence-electron chi connectivity index (χ2n) is 5.72. The molecule has 1 aliphatic carbocycles. The average Bonchev–Trinajstić information content (AvgIpc) is 2.36. The summed E-state index contributed by atoms with van der Waals surface area (Å²) in [6.45, 7) is 2.09. The lowest BCUT2D eigenvalue weighted by Crippen LogP contribution is -2.44. The van der Waals surface area contributed by atoms with Crippen LogP contribution in [0.15, 0.2) is 18.2 Å². The van der Waals surface area contributed by atoms with Gasteiger partial charge in [0.25, 0.3) is 0 Å². The van der Waals surface area contributed by atoms with Gasteiger partial charge < -0.3 is 15.7 Å². The Hall–Kier alpha value is -2.11. The molecule has 1 fully saturated rings. The zero-order valence-corrected chi connectivity index (χ0v) is 11.9. The summed E-state index contributed by atoms with van der Waals surface area (Å²) in [6, 6.07) is 3.94. The molecule has 1 aromatic rings. The fourth-order valence-electron chi connectivity index (χ4n) is 2.58. The molecule has 0 bridgehead atoms. The molecule has 21 heavy (non-hydrogen) atoms. The predicted octanol–water partition coefficient (Wildman–Crippen LogP) is 2.90. The van der Waals surface area contributed by atoms with Crippen molar-refractivity contribution in [1.82, 2.24) is 5.32 Å². The molecule has 1 aromatic carbocycles. The molecule has 1 saturated carbocycles. The highest BCUT2D eigenvalue weighted by Crippen LogP contribution is 2.43. The summed E-state index contributed by atoms with van der Waals surface area (Å²) in [4.78, 5) is 22.7. The second-order valence-corrected chi connectivity index (χ2v) is 5.72. The Balaban J connectivity index is 1.90. The number of carboxylic acid groups (broad SMARTS) is 1. The van der Waals surface area contributed by atoms with Crippen LogP contribution in [0, 0.1) is 18.2 Å². The number of hydrogen-bond acceptors (Lipinski definition) is 2. The molecular weight excluding hydrogens is 275 g/mol. The number of carboxylic acids is 1. The highest BCUT2D eigenvalue weighted by molar-refractivity contribution is 5.89. The van der Waals surface area contributed by atoms with Gasteiger partial charge in [0.15, 0.2) is 0 Å². The van der Waals surface area contributed by atoms with Crippen molar-refractivity contribution in [2.24, 2.45) is 5.41 Å². The normalized spacial score (nSPS) is 15.9. The summed E-state index contributed by atoms with van der Waals surface area (Å²) >= 11 is 0. The Bertz CT molecular complexity index is 556. The third kappa shape index (κ3) is 3.93. The first-order valence-corrected chi connectivity index (χ1v) is 6.93. The van der Waals surface area contributed by atoms with Crippen LogP contribution >= 0.6 is 0 Å². The van der Waals surface area contributed by atoms with Gasteiger partial charge in [0.05, 0.1) is 12.1 Å². The number of rotatable bonds is 5. The van der Waals surface area contributed by atoms with Crippen LogP contribution in [0.5, 0.6) is 0 Å². The van der Waals surface area contributed by atoms with Gasteiger partial charge in [-0.1, -0.05) is 12.5 Å². The molecule has 0 saturated heterocycles. The molecule has 0 heterocycles. The number of amides is 2. The highest BCUT2D eigenvalue weighted by Gasteiger charge is 2.39. The van der Waals surface area contributed by atoms with Crippen LogP contribution in [-0.4, -0.2) is 23.7 Å². The highest BCUT2D eigenvalue weighted by atomic mass is 19.1. The molecule has 0 unspecified atom stereocenters. The quantitative estimate of drug-likeness (QED) is 0.781. The number of halogens is 1. The van der Waals surface area contributed by atoms with Crippen LogP contribution in [0.2, 0.25) is 0 Å². The summed E-state index contributed by atoms with van der Waals surface area (Å²) in [7, 11) is 0. The molecule has 0 aromatic heterocycles. The molecule has 0 spiro atoms. The van der Waals surface area contributed by atoms with Crippen LogP contribution in [0.1, 0.15) is 31.2 Å². The number of benzene rings is 1. The van der Waals surface area contributed by atoms with E-state index in [2.05, 4.69) is 10.6 Å². The Morgan fingerprint density at radius 1 is 1.38 bits per heavy atom. The maximum atomic E-state index is 13.5. The smallest absolute Gasteiger partial charge is 0.319 e.